The molecule has 3 atom stereocenters. The van der Waals surface area contributed by atoms with Crippen molar-refractivity contribution in [1.82, 2.24) is 5.32 Å². The maximum atomic E-state index is 12.9. The molecule has 1 aliphatic rings. The minimum absolute atomic E-state index is 0.0698. The fourth-order valence-electron chi connectivity index (χ4n) is 2.93. The van der Waals surface area contributed by atoms with Gasteiger partial charge in [-0.2, -0.15) is 0 Å². The van der Waals surface area contributed by atoms with E-state index in [4.69, 9.17) is 0 Å². The molecule has 0 radical (unpaired) electrons. The summed E-state index contributed by atoms with van der Waals surface area (Å²) in [5.74, 6) is 0. The van der Waals surface area contributed by atoms with Crippen molar-refractivity contribution >= 4 is 9.84 Å². The number of hydrogen-bond donors (Lipinski definition) is 2. The van der Waals surface area contributed by atoms with Gasteiger partial charge in [0.05, 0.1) is 16.2 Å². The van der Waals surface area contributed by atoms with Crippen LogP contribution in [0.5, 0.6) is 0 Å². The normalized spacial score (nSPS) is 24.7. The highest BCUT2D eigenvalue weighted by molar-refractivity contribution is 7.92. The molecule has 0 spiro atoms. The monoisotopic (exact) mass is 311 g/mol. The zero-order chi connectivity index (χ0) is 15.5. The number of aliphatic hydroxyl groups excluding tert-OH is 1. The number of benzene rings is 1. The summed E-state index contributed by atoms with van der Waals surface area (Å²) in [4.78, 5) is 0.406. The van der Waals surface area contributed by atoms with Crippen molar-refractivity contribution in [1.29, 1.82) is 0 Å². The van der Waals surface area contributed by atoms with Gasteiger partial charge >= 0.3 is 0 Å². The average Bonchev–Trinajstić information content (AvgIpc) is 2.46. The molecule has 0 aliphatic heterocycles. The van der Waals surface area contributed by atoms with E-state index >= 15 is 0 Å². The van der Waals surface area contributed by atoms with Crippen molar-refractivity contribution in [3.8, 4) is 0 Å². The van der Waals surface area contributed by atoms with Crippen molar-refractivity contribution in [2.45, 2.75) is 61.8 Å². The lowest BCUT2D eigenvalue weighted by atomic mass is 9.95. The number of sulfone groups is 1. The molecule has 0 amide bonds. The molecule has 0 bridgehead atoms. The topological polar surface area (TPSA) is 66.4 Å². The highest BCUT2D eigenvalue weighted by Gasteiger charge is 2.36. The minimum Gasteiger partial charge on any atom is -0.392 e. The number of rotatable bonds is 5. The summed E-state index contributed by atoms with van der Waals surface area (Å²) in [7, 11) is -3.32. The SMILES string of the molecule is Cc1ccc(S(=O)(=O)[C@H]2CCCC[C@@H]2NC[C@H](C)O)cc1. The third kappa shape index (κ3) is 4.05. The third-order valence-electron chi connectivity index (χ3n) is 4.13. The Kier molecular flexibility index (Phi) is 5.41. The van der Waals surface area contributed by atoms with Gasteiger partial charge in [-0.25, -0.2) is 8.42 Å². The fraction of sp³-hybridized carbons (Fsp3) is 0.625. The molecule has 0 heterocycles. The predicted octanol–water partition coefficient (Wildman–Crippen LogP) is 2.05. The van der Waals surface area contributed by atoms with Crippen molar-refractivity contribution in [3.63, 3.8) is 0 Å². The summed E-state index contributed by atoms with van der Waals surface area (Å²) >= 11 is 0. The van der Waals surface area contributed by atoms with Crippen LogP contribution in [0.25, 0.3) is 0 Å². The predicted molar refractivity (Wildman–Crippen MR) is 84.1 cm³/mol. The van der Waals surface area contributed by atoms with Gasteiger partial charge in [-0.3, -0.25) is 0 Å². The van der Waals surface area contributed by atoms with Crippen LogP contribution < -0.4 is 5.32 Å². The second-order valence-electron chi connectivity index (χ2n) is 6.04. The van der Waals surface area contributed by atoms with Gasteiger partial charge in [-0.15, -0.1) is 0 Å². The quantitative estimate of drug-likeness (QED) is 0.873. The van der Waals surface area contributed by atoms with E-state index in [0.717, 1.165) is 24.8 Å². The molecule has 2 rings (SSSR count). The Balaban J connectivity index is 2.20. The van der Waals surface area contributed by atoms with Gasteiger partial charge in [0.2, 0.25) is 0 Å². The Morgan fingerprint density at radius 1 is 1.24 bits per heavy atom. The van der Waals surface area contributed by atoms with Gasteiger partial charge in [0.1, 0.15) is 0 Å². The van der Waals surface area contributed by atoms with Crippen molar-refractivity contribution in [2.24, 2.45) is 0 Å². The van der Waals surface area contributed by atoms with Gasteiger partial charge in [-0.1, -0.05) is 30.5 Å². The summed E-state index contributed by atoms with van der Waals surface area (Å²) in [5, 5.41) is 12.2. The molecule has 1 aliphatic carbocycles. The molecule has 118 valence electrons. The number of hydrogen-bond acceptors (Lipinski definition) is 4. The summed E-state index contributed by atoms with van der Waals surface area (Å²) in [6.45, 7) is 4.09. The van der Waals surface area contributed by atoms with Crippen molar-refractivity contribution in [3.05, 3.63) is 29.8 Å². The Morgan fingerprint density at radius 3 is 2.48 bits per heavy atom. The van der Waals surface area contributed by atoms with Crippen molar-refractivity contribution < 1.29 is 13.5 Å². The largest absolute Gasteiger partial charge is 0.392 e. The van der Waals surface area contributed by atoms with Crippen LogP contribution in [0, 0.1) is 6.92 Å². The second-order valence-corrected chi connectivity index (χ2v) is 8.21. The van der Waals surface area contributed by atoms with E-state index < -0.39 is 21.2 Å². The molecule has 5 heteroatoms. The molecule has 21 heavy (non-hydrogen) atoms. The Hall–Kier alpha value is -0.910. The molecule has 0 aromatic heterocycles. The molecular formula is C16H25NO3S. The molecule has 2 N–H and O–H groups in total. The van der Waals surface area contributed by atoms with E-state index in [1.54, 1.807) is 19.1 Å². The smallest absolute Gasteiger partial charge is 0.182 e. The van der Waals surface area contributed by atoms with Gasteiger partial charge in [-0.05, 0) is 38.8 Å². The molecule has 1 fully saturated rings. The molecule has 1 aromatic carbocycles. The first-order chi connectivity index (χ1) is 9.91. The van der Waals surface area contributed by atoms with Crippen LogP contribution in [0.2, 0.25) is 0 Å². The van der Waals surface area contributed by atoms with Crippen LogP contribution in [0.1, 0.15) is 38.2 Å². The molecule has 0 unspecified atom stereocenters. The number of nitrogens with one attached hydrogen (secondary N) is 1. The first-order valence-electron chi connectivity index (χ1n) is 7.63. The Labute approximate surface area is 127 Å². The standard InChI is InChI=1S/C16H25NO3S/c1-12-7-9-14(10-8-12)21(19,20)16-6-4-3-5-15(16)17-11-13(2)18/h7-10,13,15-18H,3-6,11H2,1-2H3/t13-,15-,16-/m0/s1. The third-order valence-corrected chi connectivity index (χ3v) is 6.42. The van der Waals surface area contributed by atoms with Crippen LogP contribution in [0.3, 0.4) is 0 Å². The van der Waals surface area contributed by atoms with E-state index in [1.165, 1.54) is 0 Å². The lowest BCUT2D eigenvalue weighted by Gasteiger charge is -2.32. The maximum Gasteiger partial charge on any atom is 0.182 e. The summed E-state index contributed by atoms with van der Waals surface area (Å²) in [6.07, 6.45) is 3.06. The summed E-state index contributed by atoms with van der Waals surface area (Å²) in [5.41, 5.74) is 1.06. The lowest BCUT2D eigenvalue weighted by molar-refractivity contribution is 0.181. The van der Waals surface area contributed by atoms with Gasteiger partial charge in [0.25, 0.3) is 0 Å². The molecule has 0 saturated heterocycles. The molecule has 1 aromatic rings. The first-order valence-corrected chi connectivity index (χ1v) is 9.18. The van der Waals surface area contributed by atoms with Gasteiger partial charge in [0, 0.05) is 12.6 Å². The summed E-state index contributed by atoms with van der Waals surface area (Å²) in [6, 6.07) is 7.01. The Bertz CT molecular complexity index is 551. The van der Waals surface area contributed by atoms with Gasteiger partial charge < -0.3 is 10.4 Å². The molecule has 1 saturated carbocycles. The molecule has 4 nitrogen and oxygen atoms in total. The van der Waals surface area contributed by atoms with E-state index in [-0.39, 0.29) is 6.04 Å². The number of aliphatic hydroxyl groups is 1. The van der Waals surface area contributed by atoms with Gasteiger partial charge in [0.15, 0.2) is 9.84 Å². The fourth-order valence-corrected chi connectivity index (χ4v) is 4.93. The minimum atomic E-state index is -3.32. The lowest BCUT2D eigenvalue weighted by Crippen LogP contribution is -2.48. The maximum absolute atomic E-state index is 12.9. The summed E-state index contributed by atoms with van der Waals surface area (Å²) < 4.78 is 25.7. The van der Waals surface area contributed by atoms with Crippen LogP contribution in [0.4, 0.5) is 0 Å². The second kappa shape index (κ2) is 6.90. The highest BCUT2D eigenvalue weighted by atomic mass is 32.2. The van der Waals surface area contributed by atoms with E-state index in [9.17, 15) is 13.5 Å². The zero-order valence-electron chi connectivity index (χ0n) is 12.7. The first kappa shape index (κ1) is 16.5. The van der Waals surface area contributed by atoms with E-state index in [1.807, 2.05) is 19.1 Å². The van der Waals surface area contributed by atoms with Crippen molar-refractivity contribution in [2.75, 3.05) is 6.54 Å². The van der Waals surface area contributed by atoms with Crippen LogP contribution in [-0.4, -0.2) is 37.5 Å². The zero-order valence-corrected chi connectivity index (χ0v) is 13.6. The number of aryl methyl sites for hydroxylation is 1. The van der Waals surface area contributed by atoms with E-state index in [2.05, 4.69) is 5.32 Å². The highest BCUT2D eigenvalue weighted by Crippen LogP contribution is 2.29. The Morgan fingerprint density at radius 2 is 1.86 bits per heavy atom. The van der Waals surface area contributed by atoms with E-state index in [0.29, 0.717) is 17.9 Å². The van der Waals surface area contributed by atoms with Crippen LogP contribution >= 0.6 is 0 Å². The molecular weight excluding hydrogens is 286 g/mol. The van der Waals surface area contributed by atoms with Crippen LogP contribution in [0.15, 0.2) is 29.2 Å². The van der Waals surface area contributed by atoms with Crippen LogP contribution in [-0.2, 0) is 9.84 Å². The average molecular weight is 311 g/mol.